The van der Waals surface area contributed by atoms with Crippen LogP contribution in [0.2, 0.25) is 0 Å². The Hall–Kier alpha value is -3.68. The van der Waals surface area contributed by atoms with Gasteiger partial charge < -0.3 is 28.4 Å². The zero-order valence-corrected chi connectivity index (χ0v) is 16.8. The van der Waals surface area contributed by atoms with Gasteiger partial charge in [0.1, 0.15) is 0 Å². The van der Waals surface area contributed by atoms with Crippen LogP contribution in [-0.2, 0) is 9.53 Å². The fourth-order valence-electron chi connectivity index (χ4n) is 2.84. The Balaban J connectivity index is 1.99. The van der Waals surface area contributed by atoms with E-state index in [9.17, 15) is 4.79 Å². The summed E-state index contributed by atoms with van der Waals surface area (Å²) in [4.78, 5) is 16.6. The minimum Gasteiger partial charge on any atom is -0.493 e. The number of ether oxygens (including phenoxy) is 6. The number of hydrogen-bond donors (Lipinski definition) is 0. The predicted octanol–water partition coefficient (Wildman–Crippen LogP) is 3.07. The molecule has 0 N–H and O–H groups in total. The van der Waals surface area contributed by atoms with Crippen molar-refractivity contribution >= 4 is 17.9 Å². The molecule has 8 heteroatoms. The molecule has 152 valence electrons. The number of methoxy groups -OCH3 is 5. The van der Waals surface area contributed by atoms with Gasteiger partial charge >= 0.3 is 5.97 Å². The molecule has 2 aromatic carbocycles. The maximum absolute atomic E-state index is 12.3. The zero-order valence-electron chi connectivity index (χ0n) is 16.8. The molecule has 0 aromatic heterocycles. The lowest BCUT2D eigenvalue weighted by Crippen LogP contribution is -2.06. The minimum absolute atomic E-state index is 0.143. The van der Waals surface area contributed by atoms with Crippen molar-refractivity contribution in [3.8, 4) is 28.7 Å². The van der Waals surface area contributed by atoms with Gasteiger partial charge in [-0.3, -0.25) is 0 Å². The Kier molecular flexibility index (Phi) is 5.92. The van der Waals surface area contributed by atoms with Crippen molar-refractivity contribution in [1.82, 2.24) is 0 Å². The Labute approximate surface area is 168 Å². The summed E-state index contributed by atoms with van der Waals surface area (Å²) in [6, 6.07) is 8.56. The van der Waals surface area contributed by atoms with Crippen molar-refractivity contribution in [3.05, 3.63) is 47.2 Å². The molecule has 0 amide bonds. The molecular weight excluding hydrogens is 378 g/mol. The standard InChI is InChI=1S/C21H21NO7/c1-24-15-7-6-13(11-16(15)25-2)20-22-14(21(23)29-20)8-12-9-17(26-3)19(28-5)18(10-12)27-4/h6-11H,1-5H3. The van der Waals surface area contributed by atoms with Crippen molar-refractivity contribution in [2.45, 2.75) is 0 Å². The van der Waals surface area contributed by atoms with Crippen molar-refractivity contribution in [2.24, 2.45) is 4.99 Å². The monoisotopic (exact) mass is 399 g/mol. The normalized spacial score (nSPS) is 14.3. The van der Waals surface area contributed by atoms with E-state index in [0.29, 0.717) is 39.9 Å². The molecule has 1 heterocycles. The molecule has 0 atom stereocenters. The Morgan fingerprint density at radius 2 is 1.41 bits per heavy atom. The Morgan fingerprint density at radius 3 is 1.97 bits per heavy atom. The largest absolute Gasteiger partial charge is 0.493 e. The SMILES string of the molecule is COc1ccc(C2=NC(=Cc3cc(OC)c(OC)c(OC)c3)C(=O)O2)cc1OC. The molecule has 0 bridgehead atoms. The average Bonchev–Trinajstić information content (AvgIpc) is 3.12. The number of aliphatic imine (C=N–C) groups is 1. The van der Waals surface area contributed by atoms with Crippen LogP contribution in [0.3, 0.4) is 0 Å². The highest BCUT2D eigenvalue weighted by Gasteiger charge is 2.25. The summed E-state index contributed by atoms with van der Waals surface area (Å²) in [6.07, 6.45) is 1.58. The first kappa shape index (κ1) is 20.1. The summed E-state index contributed by atoms with van der Waals surface area (Å²) in [5.74, 6) is 2.07. The molecule has 3 rings (SSSR count). The summed E-state index contributed by atoms with van der Waals surface area (Å²) in [7, 11) is 7.63. The highest BCUT2D eigenvalue weighted by atomic mass is 16.6. The van der Waals surface area contributed by atoms with E-state index >= 15 is 0 Å². The Bertz CT molecular complexity index is 970. The molecule has 0 unspecified atom stereocenters. The van der Waals surface area contributed by atoms with E-state index in [4.69, 9.17) is 28.4 Å². The molecule has 0 aliphatic carbocycles. The first-order chi connectivity index (χ1) is 14.0. The fraction of sp³-hybridized carbons (Fsp3) is 0.238. The predicted molar refractivity (Wildman–Crippen MR) is 106 cm³/mol. The number of esters is 1. The van der Waals surface area contributed by atoms with Crippen LogP contribution in [0.25, 0.3) is 6.08 Å². The lowest BCUT2D eigenvalue weighted by atomic mass is 10.1. The van der Waals surface area contributed by atoms with Crippen LogP contribution in [0.15, 0.2) is 41.0 Å². The van der Waals surface area contributed by atoms with Crippen LogP contribution in [0.4, 0.5) is 0 Å². The fourth-order valence-corrected chi connectivity index (χ4v) is 2.84. The van der Waals surface area contributed by atoms with Crippen LogP contribution < -0.4 is 23.7 Å². The molecule has 1 aliphatic heterocycles. The van der Waals surface area contributed by atoms with Gasteiger partial charge in [-0.05, 0) is 42.0 Å². The van der Waals surface area contributed by atoms with Gasteiger partial charge in [-0.15, -0.1) is 0 Å². The van der Waals surface area contributed by atoms with Gasteiger partial charge in [0.05, 0.1) is 35.5 Å². The molecule has 8 nitrogen and oxygen atoms in total. The van der Waals surface area contributed by atoms with Gasteiger partial charge in [-0.1, -0.05) is 0 Å². The van der Waals surface area contributed by atoms with Crippen molar-refractivity contribution in [3.63, 3.8) is 0 Å². The first-order valence-corrected chi connectivity index (χ1v) is 8.59. The molecule has 0 saturated carbocycles. The second-order valence-corrected chi connectivity index (χ2v) is 5.86. The van der Waals surface area contributed by atoms with Crippen molar-refractivity contribution in [1.29, 1.82) is 0 Å². The molecule has 0 fully saturated rings. The van der Waals surface area contributed by atoms with E-state index in [1.54, 1.807) is 43.5 Å². The zero-order chi connectivity index (χ0) is 21.0. The van der Waals surface area contributed by atoms with E-state index < -0.39 is 5.97 Å². The molecular formula is C21H21NO7. The van der Waals surface area contributed by atoms with Gasteiger partial charge in [-0.25, -0.2) is 9.79 Å². The van der Waals surface area contributed by atoms with Gasteiger partial charge in [-0.2, -0.15) is 0 Å². The lowest BCUT2D eigenvalue weighted by molar-refractivity contribution is -0.129. The molecule has 29 heavy (non-hydrogen) atoms. The third-order valence-corrected chi connectivity index (χ3v) is 4.24. The number of nitrogens with zero attached hydrogens (tertiary/aromatic N) is 1. The van der Waals surface area contributed by atoms with Crippen LogP contribution >= 0.6 is 0 Å². The summed E-state index contributed by atoms with van der Waals surface area (Å²) >= 11 is 0. The number of hydrogen-bond acceptors (Lipinski definition) is 8. The molecule has 1 aliphatic rings. The van der Waals surface area contributed by atoms with Crippen molar-refractivity contribution < 1.29 is 33.2 Å². The van der Waals surface area contributed by atoms with Gasteiger partial charge in [0.25, 0.3) is 0 Å². The average molecular weight is 399 g/mol. The third-order valence-electron chi connectivity index (χ3n) is 4.24. The highest BCUT2D eigenvalue weighted by Crippen LogP contribution is 2.39. The number of carbonyl (C=O) groups is 1. The number of rotatable bonds is 7. The Morgan fingerprint density at radius 1 is 0.793 bits per heavy atom. The maximum Gasteiger partial charge on any atom is 0.363 e. The summed E-state index contributed by atoms with van der Waals surface area (Å²) in [5, 5.41) is 0. The smallest absolute Gasteiger partial charge is 0.363 e. The molecule has 2 aromatic rings. The first-order valence-electron chi connectivity index (χ1n) is 8.59. The van der Waals surface area contributed by atoms with E-state index in [2.05, 4.69) is 4.99 Å². The second-order valence-electron chi connectivity index (χ2n) is 5.86. The lowest BCUT2D eigenvalue weighted by Gasteiger charge is -2.12. The van der Waals surface area contributed by atoms with Gasteiger partial charge in [0.15, 0.2) is 28.7 Å². The van der Waals surface area contributed by atoms with E-state index in [0.717, 1.165) is 0 Å². The van der Waals surface area contributed by atoms with Crippen LogP contribution in [-0.4, -0.2) is 47.4 Å². The molecule has 0 radical (unpaired) electrons. The number of carbonyl (C=O) groups excluding carboxylic acids is 1. The molecule has 0 saturated heterocycles. The van der Waals surface area contributed by atoms with Gasteiger partial charge in [0, 0.05) is 5.56 Å². The quantitative estimate of drug-likeness (QED) is 0.522. The van der Waals surface area contributed by atoms with Crippen LogP contribution in [0.1, 0.15) is 11.1 Å². The number of cyclic esters (lactones) is 1. The van der Waals surface area contributed by atoms with Crippen LogP contribution in [0.5, 0.6) is 28.7 Å². The number of benzene rings is 2. The third kappa shape index (κ3) is 3.96. The molecule has 0 spiro atoms. The topological polar surface area (TPSA) is 84.8 Å². The van der Waals surface area contributed by atoms with Gasteiger partial charge in [0.2, 0.25) is 11.6 Å². The van der Waals surface area contributed by atoms with E-state index in [1.807, 2.05) is 0 Å². The second kappa shape index (κ2) is 8.55. The highest BCUT2D eigenvalue weighted by molar-refractivity contribution is 6.13. The summed E-state index contributed by atoms with van der Waals surface area (Å²) in [5.41, 5.74) is 1.37. The summed E-state index contributed by atoms with van der Waals surface area (Å²) < 4.78 is 31.8. The minimum atomic E-state index is -0.566. The maximum atomic E-state index is 12.3. The van der Waals surface area contributed by atoms with Crippen LogP contribution in [0, 0.1) is 0 Å². The van der Waals surface area contributed by atoms with E-state index in [1.165, 1.54) is 28.4 Å². The summed E-state index contributed by atoms with van der Waals surface area (Å²) in [6.45, 7) is 0. The van der Waals surface area contributed by atoms with E-state index in [-0.39, 0.29) is 11.6 Å². The van der Waals surface area contributed by atoms with Crippen molar-refractivity contribution in [2.75, 3.05) is 35.5 Å².